The van der Waals surface area contributed by atoms with E-state index < -0.39 is 11.9 Å². The minimum Gasteiger partial charge on any atom is -0.507 e. The van der Waals surface area contributed by atoms with E-state index >= 15 is 0 Å². The minimum atomic E-state index is -0.783. The molecule has 2 N–H and O–H groups in total. The Kier molecular flexibility index (Phi) is 7.19. The summed E-state index contributed by atoms with van der Waals surface area (Å²) >= 11 is 0. The average Bonchev–Trinajstić information content (AvgIpc) is 3.31. The van der Waals surface area contributed by atoms with Gasteiger partial charge in [0.25, 0.3) is 5.56 Å². The number of aromatic amines is 1. The Labute approximate surface area is 185 Å². The predicted octanol–water partition coefficient (Wildman–Crippen LogP) is 2.54. The quantitative estimate of drug-likeness (QED) is 0.490. The highest BCUT2D eigenvalue weighted by atomic mass is 16.5. The molecule has 1 atom stereocenters. The number of hydrogen-bond acceptors (Lipinski definition) is 7. The van der Waals surface area contributed by atoms with E-state index in [0.29, 0.717) is 35.7 Å². The van der Waals surface area contributed by atoms with Gasteiger partial charge in [0.1, 0.15) is 17.2 Å². The van der Waals surface area contributed by atoms with Gasteiger partial charge >= 0.3 is 5.97 Å². The number of aromatic hydroxyl groups is 1. The largest absolute Gasteiger partial charge is 0.507 e. The first-order valence-corrected chi connectivity index (χ1v) is 10.1. The maximum atomic E-state index is 13.5. The number of esters is 1. The number of benzene rings is 1. The second-order valence-electron chi connectivity index (χ2n) is 7.31. The second kappa shape index (κ2) is 10.0. The summed E-state index contributed by atoms with van der Waals surface area (Å²) in [6.07, 6.45) is 3.68. The van der Waals surface area contributed by atoms with Crippen molar-refractivity contribution in [2.45, 2.75) is 32.2 Å². The number of hydrogen-bond donors (Lipinski definition) is 2. The molecule has 2 heterocycles. The fourth-order valence-electron chi connectivity index (χ4n) is 3.75. The Balaban J connectivity index is 2.13. The van der Waals surface area contributed by atoms with Gasteiger partial charge in [0.05, 0.1) is 39.6 Å². The lowest BCUT2D eigenvalue weighted by Crippen LogP contribution is -2.29. The highest BCUT2D eigenvalue weighted by Gasteiger charge is 2.29. The van der Waals surface area contributed by atoms with Crippen LogP contribution in [-0.4, -0.2) is 46.9 Å². The highest BCUT2D eigenvalue weighted by Crippen LogP contribution is 2.38. The van der Waals surface area contributed by atoms with Crippen LogP contribution in [0.15, 0.2) is 41.6 Å². The molecule has 9 heteroatoms. The third-order valence-electron chi connectivity index (χ3n) is 5.45. The Morgan fingerprint density at radius 1 is 1.22 bits per heavy atom. The number of aromatic nitrogens is 3. The molecule has 0 spiro atoms. The summed E-state index contributed by atoms with van der Waals surface area (Å²) < 4.78 is 17.2. The van der Waals surface area contributed by atoms with E-state index in [1.165, 1.54) is 27.4 Å². The SMILES string of the molecule is COC(=O)C[C@@H](c1ccc(OC)cc1OC)c1c(O)cc(C)n(CCc2cnc[nH]2)c1=O. The van der Waals surface area contributed by atoms with E-state index in [-0.39, 0.29) is 23.3 Å². The van der Waals surface area contributed by atoms with Gasteiger partial charge in [-0.25, -0.2) is 4.98 Å². The third-order valence-corrected chi connectivity index (χ3v) is 5.45. The monoisotopic (exact) mass is 441 g/mol. The van der Waals surface area contributed by atoms with Crippen LogP contribution in [0, 0.1) is 6.92 Å². The molecule has 9 nitrogen and oxygen atoms in total. The lowest BCUT2D eigenvalue weighted by atomic mass is 9.87. The normalized spacial score (nSPS) is 11.8. The molecule has 0 saturated carbocycles. The molecule has 0 aliphatic rings. The van der Waals surface area contributed by atoms with Crippen molar-refractivity contribution in [2.24, 2.45) is 0 Å². The van der Waals surface area contributed by atoms with Crippen molar-refractivity contribution in [1.82, 2.24) is 14.5 Å². The summed E-state index contributed by atoms with van der Waals surface area (Å²) in [5.41, 5.74) is 1.78. The molecule has 0 fully saturated rings. The summed E-state index contributed by atoms with van der Waals surface area (Å²) in [6, 6.07) is 6.63. The lowest BCUT2D eigenvalue weighted by Gasteiger charge is -2.22. The molecule has 0 radical (unpaired) electrons. The van der Waals surface area contributed by atoms with Gasteiger partial charge in [0, 0.05) is 48.1 Å². The first kappa shape index (κ1) is 22.9. The average molecular weight is 441 g/mol. The summed E-state index contributed by atoms with van der Waals surface area (Å²) in [4.78, 5) is 32.8. The van der Waals surface area contributed by atoms with E-state index in [9.17, 15) is 14.7 Å². The highest BCUT2D eigenvalue weighted by molar-refractivity contribution is 5.72. The van der Waals surface area contributed by atoms with Crippen molar-refractivity contribution in [3.8, 4) is 17.2 Å². The van der Waals surface area contributed by atoms with Crippen LogP contribution >= 0.6 is 0 Å². The molecule has 32 heavy (non-hydrogen) atoms. The zero-order chi connectivity index (χ0) is 23.3. The molecule has 3 aromatic rings. The number of aryl methyl sites for hydroxylation is 2. The van der Waals surface area contributed by atoms with E-state index in [1.54, 1.807) is 42.2 Å². The molecule has 0 amide bonds. The lowest BCUT2D eigenvalue weighted by molar-refractivity contribution is -0.140. The van der Waals surface area contributed by atoms with Gasteiger partial charge in [-0.1, -0.05) is 6.07 Å². The number of ether oxygens (including phenoxy) is 3. The zero-order valence-corrected chi connectivity index (χ0v) is 18.5. The summed E-state index contributed by atoms with van der Waals surface area (Å²) in [6.45, 7) is 2.13. The number of carbonyl (C=O) groups is 1. The maximum absolute atomic E-state index is 13.5. The van der Waals surface area contributed by atoms with Crippen LogP contribution in [0.4, 0.5) is 0 Å². The number of carbonyl (C=O) groups excluding carboxylic acids is 1. The number of H-pyrrole nitrogens is 1. The Morgan fingerprint density at radius 2 is 2.00 bits per heavy atom. The van der Waals surface area contributed by atoms with Crippen molar-refractivity contribution in [3.05, 3.63) is 69.7 Å². The number of imidazole rings is 1. The van der Waals surface area contributed by atoms with E-state index in [0.717, 1.165) is 5.69 Å². The first-order valence-electron chi connectivity index (χ1n) is 10.1. The molecular weight excluding hydrogens is 414 g/mol. The summed E-state index contributed by atoms with van der Waals surface area (Å²) in [5, 5.41) is 10.8. The molecule has 0 unspecified atom stereocenters. The standard InChI is InChI=1S/C23H27N3O6/c1-14-9-19(27)22(23(29)26(14)8-7-15-12-24-13-25-15)18(11-21(28)32-4)17-6-5-16(30-2)10-20(17)31-3/h5-6,9-10,12-13,18,27H,7-8,11H2,1-4H3,(H,24,25)/t18-/m0/s1. The fourth-order valence-corrected chi connectivity index (χ4v) is 3.75. The van der Waals surface area contributed by atoms with Crippen molar-refractivity contribution in [1.29, 1.82) is 0 Å². The Bertz CT molecular complexity index is 1140. The van der Waals surface area contributed by atoms with Crippen LogP contribution in [0.2, 0.25) is 0 Å². The van der Waals surface area contributed by atoms with Crippen LogP contribution in [0.3, 0.4) is 0 Å². The van der Waals surface area contributed by atoms with Gasteiger partial charge in [0.2, 0.25) is 0 Å². The van der Waals surface area contributed by atoms with Crippen molar-refractivity contribution >= 4 is 5.97 Å². The van der Waals surface area contributed by atoms with Gasteiger partial charge in [-0.05, 0) is 19.1 Å². The van der Waals surface area contributed by atoms with E-state index in [2.05, 4.69) is 9.97 Å². The number of pyridine rings is 1. The Hall–Kier alpha value is -3.75. The fraction of sp³-hybridized carbons (Fsp3) is 0.348. The molecule has 1 aromatic carbocycles. The second-order valence-corrected chi connectivity index (χ2v) is 7.31. The summed E-state index contributed by atoms with van der Waals surface area (Å²) in [7, 11) is 4.30. The number of nitrogens with one attached hydrogen (secondary N) is 1. The molecule has 2 aromatic heterocycles. The molecule has 170 valence electrons. The topological polar surface area (TPSA) is 116 Å². The molecule has 0 aliphatic heterocycles. The third kappa shape index (κ3) is 4.77. The van der Waals surface area contributed by atoms with E-state index in [4.69, 9.17) is 14.2 Å². The minimum absolute atomic E-state index is 0.106. The number of methoxy groups -OCH3 is 3. The van der Waals surface area contributed by atoms with Crippen LogP contribution in [0.5, 0.6) is 17.2 Å². The maximum Gasteiger partial charge on any atom is 0.306 e. The summed E-state index contributed by atoms with van der Waals surface area (Å²) in [5.74, 6) is -0.489. The Morgan fingerprint density at radius 3 is 2.62 bits per heavy atom. The predicted molar refractivity (Wildman–Crippen MR) is 117 cm³/mol. The van der Waals surface area contributed by atoms with Gasteiger partial charge in [0.15, 0.2) is 0 Å². The van der Waals surface area contributed by atoms with Crippen LogP contribution < -0.4 is 15.0 Å². The van der Waals surface area contributed by atoms with Gasteiger partial charge in [-0.2, -0.15) is 0 Å². The zero-order valence-electron chi connectivity index (χ0n) is 18.5. The van der Waals surface area contributed by atoms with Crippen molar-refractivity contribution in [3.63, 3.8) is 0 Å². The van der Waals surface area contributed by atoms with Crippen LogP contribution in [0.25, 0.3) is 0 Å². The molecule has 3 rings (SSSR count). The van der Waals surface area contributed by atoms with Crippen LogP contribution in [-0.2, 0) is 22.5 Å². The van der Waals surface area contributed by atoms with Crippen molar-refractivity contribution in [2.75, 3.05) is 21.3 Å². The first-order chi connectivity index (χ1) is 15.4. The molecule has 0 bridgehead atoms. The van der Waals surface area contributed by atoms with Crippen LogP contribution in [0.1, 0.15) is 34.9 Å². The van der Waals surface area contributed by atoms with Gasteiger partial charge < -0.3 is 28.9 Å². The molecular formula is C23H27N3O6. The number of nitrogens with zero attached hydrogens (tertiary/aromatic N) is 2. The van der Waals surface area contributed by atoms with E-state index in [1.807, 2.05) is 0 Å². The smallest absolute Gasteiger partial charge is 0.306 e. The molecule has 0 aliphatic carbocycles. The van der Waals surface area contributed by atoms with Crippen molar-refractivity contribution < 1.29 is 24.1 Å². The van der Waals surface area contributed by atoms with Gasteiger partial charge in [-0.15, -0.1) is 0 Å². The molecule has 0 saturated heterocycles. The van der Waals surface area contributed by atoms with Gasteiger partial charge in [-0.3, -0.25) is 9.59 Å². The number of rotatable bonds is 9.